The van der Waals surface area contributed by atoms with Crippen LogP contribution >= 0.6 is 11.6 Å². The summed E-state index contributed by atoms with van der Waals surface area (Å²) < 4.78 is 92.7. The zero-order valence-electron chi connectivity index (χ0n) is 25.8. The summed E-state index contributed by atoms with van der Waals surface area (Å²) >= 11 is 6.04. The topological polar surface area (TPSA) is 282 Å². The second-order valence-electron chi connectivity index (χ2n) is 9.57. The summed E-state index contributed by atoms with van der Waals surface area (Å²) in [5, 5.41) is 26.4. The number of hydrogen-bond acceptors (Lipinski definition) is 16. The Morgan fingerprint density at radius 2 is 1.42 bits per heavy atom. The van der Waals surface area contributed by atoms with E-state index in [1.54, 1.807) is 0 Å². The molecular formula is C27H19ClN8Na2O9S3. The van der Waals surface area contributed by atoms with Gasteiger partial charge in [-0.1, -0.05) is 24.5 Å². The van der Waals surface area contributed by atoms with Crippen LogP contribution in [0.2, 0.25) is 5.28 Å². The Bertz CT molecular complexity index is 2490. The van der Waals surface area contributed by atoms with Crippen molar-refractivity contribution in [1.82, 2.24) is 15.0 Å². The number of anilines is 5. The van der Waals surface area contributed by atoms with Gasteiger partial charge in [0.2, 0.25) is 17.2 Å². The first-order valence-electron chi connectivity index (χ1n) is 12.9. The van der Waals surface area contributed by atoms with E-state index in [1.165, 1.54) is 42.5 Å². The van der Waals surface area contributed by atoms with E-state index in [1.807, 2.05) is 0 Å². The number of halogens is 1. The van der Waals surface area contributed by atoms with Crippen LogP contribution in [0.4, 0.5) is 40.3 Å². The number of rotatable bonds is 10. The molecule has 0 aliphatic carbocycles. The van der Waals surface area contributed by atoms with Crippen LogP contribution < -0.4 is 80.6 Å². The van der Waals surface area contributed by atoms with Crippen molar-refractivity contribution in [2.45, 2.75) is 14.7 Å². The molecule has 0 radical (unpaired) electrons. The minimum absolute atomic E-state index is 0. The van der Waals surface area contributed by atoms with Crippen LogP contribution in [0.25, 0.3) is 10.8 Å². The van der Waals surface area contributed by atoms with Crippen molar-refractivity contribution in [3.8, 4) is 5.75 Å². The maximum atomic E-state index is 12.7. The van der Waals surface area contributed by atoms with Gasteiger partial charge >= 0.3 is 59.1 Å². The van der Waals surface area contributed by atoms with Crippen LogP contribution in [0.5, 0.6) is 5.75 Å². The summed E-state index contributed by atoms with van der Waals surface area (Å²) in [5.74, 6) is -1.13. The molecule has 0 saturated heterocycles. The van der Waals surface area contributed by atoms with E-state index < -0.39 is 45.6 Å². The van der Waals surface area contributed by atoms with Gasteiger partial charge in [0.25, 0.3) is 10.1 Å². The Labute approximate surface area is 334 Å². The fourth-order valence-electron chi connectivity index (χ4n) is 4.18. The first kappa shape index (κ1) is 41.2. The Hall–Kier alpha value is -3.25. The average Bonchev–Trinajstić information content (AvgIpc) is 3.00. The summed E-state index contributed by atoms with van der Waals surface area (Å²) in [6.45, 7) is 3.27. The molecule has 1 aromatic heterocycles. The van der Waals surface area contributed by atoms with Gasteiger partial charge in [-0.05, 0) is 71.6 Å². The first-order valence-corrected chi connectivity index (χ1v) is 17.7. The number of nitrogens with one attached hydrogen (secondary N) is 2. The zero-order chi connectivity index (χ0) is 35.0. The number of aromatic nitrogens is 3. The summed E-state index contributed by atoms with van der Waals surface area (Å²) in [7, 11) is -13.5. The van der Waals surface area contributed by atoms with Crippen molar-refractivity contribution in [2.24, 2.45) is 10.2 Å². The summed E-state index contributed by atoms with van der Waals surface area (Å²) in [5.41, 5.74) is 5.68. The SMILES string of the molecule is C=CS(=O)(=O)c1ccc(Nc2nc(Cl)nc(Nc3ccc(N=Nc4c(N)ccc5cc(S(=O)(=O)[O-])cc([O-])c45)c(S(=O)(=O)O)c3)n2)cc1.[Na+].[Na+]. The zero-order valence-corrected chi connectivity index (χ0v) is 33.0. The molecule has 0 amide bonds. The molecule has 0 unspecified atom stereocenters. The van der Waals surface area contributed by atoms with Crippen LogP contribution in [0.1, 0.15) is 0 Å². The normalized spacial score (nSPS) is 11.8. The van der Waals surface area contributed by atoms with Gasteiger partial charge in [0, 0.05) is 22.2 Å². The van der Waals surface area contributed by atoms with E-state index in [2.05, 4.69) is 42.4 Å². The molecule has 5 rings (SSSR count). The minimum atomic E-state index is -4.95. The third-order valence-electron chi connectivity index (χ3n) is 6.37. The van der Waals surface area contributed by atoms with E-state index in [-0.39, 0.29) is 115 Å². The molecule has 4 aromatic carbocycles. The fourth-order valence-corrected chi connectivity index (χ4v) is 6.22. The molecule has 248 valence electrons. The van der Waals surface area contributed by atoms with E-state index in [9.17, 15) is 39.5 Å². The number of azo groups is 1. The first-order chi connectivity index (χ1) is 22.4. The summed E-state index contributed by atoms with van der Waals surface area (Å²) in [6.07, 6.45) is 0. The molecule has 5 N–H and O–H groups in total. The molecule has 0 aliphatic rings. The smallest absolute Gasteiger partial charge is 0.872 e. The van der Waals surface area contributed by atoms with Crippen LogP contribution in [-0.2, 0) is 30.1 Å². The van der Waals surface area contributed by atoms with Crippen LogP contribution in [0, 0.1) is 0 Å². The molecule has 17 nitrogen and oxygen atoms in total. The molecule has 0 bridgehead atoms. The Balaban J connectivity index is 0.00000338. The second kappa shape index (κ2) is 16.0. The van der Waals surface area contributed by atoms with E-state index in [4.69, 9.17) is 17.3 Å². The van der Waals surface area contributed by atoms with Crippen LogP contribution in [0.15, 0.2) is 104 Å². The molecule has 5 aromatic rings. The van der Waals surface area contributed by atoms with Crippen molar-refractivity contribution in [2.75, 3.05) is 16.4 Å². The Kier molecular flexibility index (Phi) is 13.1. The number of nitrogen functional groups attached to an aromatic ring is 1. The maximum absolute atomic E-state index is 12.7. The largest absolute Gasteiger partial charge is 1.00 e. The maximum Gasteiger partial charge on any atom is 1.00 e. The fraction of sp³-hybridized carbons (Fsp3) is 0. The molecule has 0 aliphatic heterocycles. The third kappa shape index (κ3) is 9.54. The monoisotopic (exact) mass is 776 g/mol. The molecular weight excluding hydrogens is 758 g/mol. The van der Waals surface area contributed by atoms with Crippen LogP contribution in [-0.4, -0.2) is 49.3 Å². The van der Waals surface area contributed by atoms with Gasteiger partial charge in [0.05, 0.1) is 15.5 Å². The van der Waals surface area contributed by atoms with Gasteiger partial charge in [-0.15, -0.1) is 10.2 Å². The molecule has 1 heterocycles. The quantitative estimate of drug-likeness (QED) is 0.0533. The number of benzene rings is 4. The minimum Gasteiger partial charge on any atom is -0.872 e. The molecule has 0 spiro atoms. The van der Waals surface area contributed by atoms with Crippen molar-refractivity contribution < 1.29 is 98.6 Å². The molecule has 23 heteroatoms. The van der Waals surface area contributed by atoms with E-state index >= 15 is 0 Å². The van der Waals surface area contributed by atoms with Crippen LogP contribution in [0.3, 0.4) is 0 Å². The van der Waals surface area contributed by atoms with Crippen molar-refractivity contribution >= 4 is 92.8 Å². The predicted octanol–water partition coefficient (Wildman–Crippen LogP) is -1.69. The molecule has 0 fully saturated rings. The predicted molar refractivity (Wildman–Crippen MR) is 171 cm³/mol. The second-order valence-corrected chi connectivity index (χ2v) is 14.6. The number of nitrogens with two attached hydrogens (primary N) is 1. The Morgan fingerprint density at radius 3 is 2.00 bits per heavy atom. The van der Waals surface area contributed by atoms with Crippen molar-refractivity contribution in [3.63, 3.8) is 0 Å². The van der Waals surface area contributed by atoms with Gasteiger partial charge in [-0.2, -0.15) is 23.4 Å². The third-order valence-corrected chi connectivity index (χ3v) is 9.60. The number of fused-ring (bicyclic) bond motifs is 1. The van der Waals surface area contributed by atoms with Gasteiger partial charge in [-0.25, -0.2) is 16.8 Å². The van der Waals surface area contributed by atoms with Gasteiger partial charge in [0.15, 0.2) is 9.84 Å². The number of hydrogen-bond donors (Lipinski definition) is 4. The molecule has 0 atom stereocenters. The number of nitrogens with zero attached hydrogens (tertiary/aromatic N) is 5. The molecule has 0 saturated carbocycles. The van der Waals surface area contributed by atoms with Gasteiger partial charge in [-0.3, -0.25) is 4.55 Å². The van der Waals surface area contributed by atoms with E-state index in [0.29, 0.717) is 11.8 Å². The van der Waals surface area contributed by atoms with Gasteiger partial charge in [0.1, 0.15) is 26.4 Å². The van der Waals surface area contributed by atoms with Crippen molar-refractivity contribution in [3.05, 3.63) is 84.0 Å². The Morgan fingerprint density at radius 1 is 0.820 bits per heavy atom. The van der Waals surface area contributed by atoms with E-state index in [0.717, 1.165) is 23.6 Å². The van der Waals surface area contributed by atoms with Crippen molar-refractivity contribution in [1.29, 1.82) is 0 Å². The standard InChI is InChI=1S/C27H21ClN8O9S3.2Na/c1-2-46(38,39)17-7-4-15(5-8-17)30-26-32-25(28)33-27(34-26)31-16-6-10-20(22(12-16)48(43,44)45)35-36-24-19(29)9-3-14-11-18(47(40,41)42)13-21(37)23(14)24;;/h2-13,37H,1,29H2,(H,40,41,42)(H,43,44,45)(H2,30,31,32,33,34);;/q;2*+1/p-2. The van der Waals surface area contributed by atoms with Gasteiger partial charge < -0.3 is 26.0 Å². The number of sulfone groups is 1. The summed E-state index contributed by atoms with van der Waals surface area (Å²) in [4.78, 5) is 10.6. The molecule has 50 heavy (non-hydrogen) atoms. The summed E-state index contributed by atoms with van der Waals surface area (Å²) in [6, 6.07) is 13.2. The average molecular weight is 777 g/mol.